The van der Waals surface area contributed by atoms with Crippen molar-refractivity contribution in [3.8, 4) is 11.5 Å². The van der Waals surface area contributed by atoms with Crippen molar-refractivity contribution in [3.63, 3.8) is 0 Å². The fraction of sp³-hybridized carbons (Fsp3) is 0.312. The zero-order chi connectivity index (χ0) is 15.5. The summed E-state index contributed by atoms with van der Waals surface area (Å²) in [6, 6.07) is 7.32. The lowest BCUT2D eigenvalue weighted by molar-refractivity contribution is 0.414. The molecule has 0 fully saturated rings. The molecule has 21 heavy (non-hydrogen) atoms. The third-order valence-corrected chi connectivity index (χ3v) is 3.19. The van der Waals surface area contributed by atoms with Gasteiger partial charge in [-0.2, -0.15) is 0 Å². The van der Waals surface area contributed by atoms with E-state index >= 15 is 0 Å². The van der Waals surface area contributed by atoms with Crippen molar-refractivity contribution in [2.45, 2.75) is 32.9 Å². The summed E-state index contributed by atoms with van der Waals surface area (Å²) in [5.74, 6) is 1.28. The summed E-state index contributed by atoms with van der Waals surface area (Å²) < 4.78 is 5.86. The Labute approximate surface area is 135 Å². The van der Waals surface area contributed by atoms with Gasteiger partial charge >= 0.3 is 0 Å². The molecule has 0 saturated heterocycles. The minimum Gasteiger partial charge on any atom is -0.455 e. The van der Waals surface area contributed by atoms with Crippen molar-refractivity contribution in [1.82, 2.24) is 10.3 Å². The molecule has 0 atom stereocenters. The molecular formula is C16H18Cl2N2O. The SMILES string of the molecule is CC(C)(C)NCc1ccc(Cl)cc1Oc1cncc(Cl)c1. The summed E-state index contributed by atoms with van der Waals surface area (Å²) in [7, 11) is 0. The predicted octanol–water partition coefficient (Wildman–Crippen LogP) is 5.07. The van der Waals surface area contributed by atoms with E-state index in [1.807, 2.05) is 12.1 Å². The smallest absolute Gasteiger partial charge is 0.147 e. The van der Waals surface area contributed by atoms with Crippen molar-refractivity contribution in [1.29, 1.82) is 0 Å². The highest BCUT2D eigenvalue weighted by atomic mass is 35.5. The molecule has 2 rings (SSSR count). The van der Waals surface area contributed by atoms with Crippen LogP contribution in [0.15, 0.2) is 36.7 Å². The standard InChI is InChI=1S/C16H18Cl2N2O/c1-16(2,3)20-8-11-4-5-12(17)7-15(11)21-14-6-13(18)9-19-10-14/h4-7,9-10,20H,8H2,1-3H3. The number of ether oxygens (including phenoxy) is 1. The van der Waals surface area contributed by atoms with Gasteiger partial charge in [0, 0.05) is 34.9 Å². The molecule has 0 radical (unpaired) electrons. The Morgan fingerprint density at radius 1 is 1.10 bits per heavy atom. The minimum absolute atomic E-state index is 0.0223. The van der Waals surface area contributed by atoms with E-state index in [0.717, 1.165) is 5.56 Å². The highest BCUT2D eigenvalue weighted by molar-refractivity contribution is 6.31. The minimum atomic E-state index is 0.0223. The van der Waals surface area contributed by atoms with Crippen molar-refractivity contribution in [2.24, 2.45) is 0 Å². The number of nitrogens with one attached hydrogen (secondary N) is 1. The Bertz CT molecular complexity index is 624. The first-order chi connectivity index (χ1) is 9.83. The van der Waals surface area contributed by atoms with Crippen LogP contribution in [0.1, 0.15) is 26.3 Å². The number of hydrogen-bond donors (Lipinski definition) is 1. The van der Waals surface area contributed by atoms with Crippen LogP contribution in [0, 0.1) is 0 Å². The Morgan fingerprint density at radius 2 is 1.86 bits per heavy atom. The third-order valence-electron chi connectivity index (χ3n) is 2.75. The summed E-state index contributed by atoms with van der Waals surface area (Å²) in [4.78, 5) is 4.01. The first kappa shape index (κ1) is 16.1. The molecule has 112 valence electrons. The Kier molecular flexibility index (Phi) is 5.09. The topological polar surface area (TPSA) is 34.1 Å². The van der Waals surface area contributed by atoms with E-state index in [1.54, 1.807) is 24.5 Å². The summed E-state index contributed by atoms with van der Waals surface area (Å²) in [6.45, 7) is 7.03. The van der Waals surface area contributed by atoms with Gasteiger partial charge in [0.1, 0.15) is 11.5 Å². The van der Waals surface area contributed by atoms with Crippen molar-refractivity contribution in [2.75, 3.05) is 0 Å². The first-order valence-corrected chi connectivity index (χ1v) is 7.41. The number of nitrogens with zero attached hydrogens (tertiary/aromatic N) is 1. The summed E-state index contributed by atoms with van der Waals surface area (Å²) in [5.41, 5.74) is 1.04. The molecule has 1 aromatic heterocycles. The lowest BCUT2D eigenvalue weighted by Crippen LogP contribution is -2.35. The second-order valence-electron chi connectivity index (χ2n) is 5.80. The number of hydrogen-bond acceptors (Lipinski definition) is 3. The van der Waals surface area contributed by atoms with E-state index in [1.165, 1.54) is 0 Å². The van der Waals surface area contributed by atoms with Crippen LogP contribution in [0.3, 0.4) is 0 Å². The van der Waals surface area contributed by atoms with E-state index in [-0.39, 0.29) is 5.54 Å². The number of halogens is 2. The number of aromatic nitrogens is 1. The van der Waals surface area contributed by atoms with Gasteiger partial charge < -0.3 is 10.1 Å². The monoisotopic (exact) mass is 324 g/mol. The maximum Gasteiger partial charge on any atom is 0.147 e. The molecule has 0 bridgehead atoms. The zero-order valence-electron chi connectivity index (χ0n) is 12.3. The zero-order valence-corrected chi connectivity index (χ0v) is 13.8. The number of benzene rings is 1. The van der Waals surface area contributed by atoms with Crippen LogP contribution in [0.2, 0.25) is 10.0 Å². The quantitative estimate of drug-likeness (QED) is 0.852. The van der Waals surface area contributed by atoms with Gasteiger partial charge in [-0.05, 0) is 32.9 Å². The van der Waals surface area contributed by atoms with Gasteiger partial charge in [-0.3, -0.25) is 4.98 Å². The first-order valence-electron chi connectivity index (χ1n) is 6.65. The van der Waals surface area contributed by atoms with Crippen LogP contribution < -0.4 is 10.1 Å². The van der Waals surface area contributed by atoms with Crippen LogP contribution in [0.25, 0.3) is 0 Å². The van der Waals surface area contributed by atoms with Crippen molar-refractivity contribution in [3.05, 3.63) is 52.3 Å². The highest BCUT2D eigenvalue weighted by Crippen LogP contribution is 2.29. The van der Waals surface area contributed by atoms with Gasteiger partial charge in [-0.15, -0.1) is 0 Å². The van der Waals surface area contributed by atoms with Crippen LogP contribution in [-0.2, 0) is 6.54 Å². The highest BCUT2D eigenvalue weighted by Gasteiger charge is 2.12. The van der Waals surface area contributed by atoms with Gasteiger partial charge in [-0.25, -0.2) is 0 Å². The van der Waals surface area contributed by atoms with E-state index in [9.17, 15) is 0 Å². The molecule has 1 heterocycles. The van der Waals surface area contributed by atoms with Crippen LogP contribution in [-0.4, -0.2) is 10.5 Å². The van der Waals surface area contributed by atoms with E-state index in [4.69, 9.17) is 27.9 Å². The van der Waals surface area contributed by atoms with Crippen molar-refractivity contribution >= 4 is 23.2 Å². The van der Waals surface area contributed by atoms with E-state index in [0.29, 0.717) is 28.1 Å². The summed E-state index contributed by atoms with van der Waals surface area (Å²) in [6.07, 6.45) is 3.18. The van der Waals surface area contributed by atoms with Crippen molar-refractivity contribution < 1.29 is 4.74 Å². The summed E-state index contributed by atoms with van der Waals surface area (Å²) in [5, 5.41) is 4.59. The number of rotatable bonds is 4. The van der Waals surface area contributed by atoms with E-state index in [2.05, 4.69) is 31.1 Å². The molecule has 0 saturated carbocycles. The molecule has 0 aliphatic heterocycles. The fourth-order valence-electron chi connectivity index (χ4n) is 1.70. The van der Waals surface area contributed by atoms with E-state index < -0.39 is 0 Å². The molecule has 3 nitrogen and oxygen atoms in total. The van der Waals surface area contributed by atoms with Gasteiger partial charge in [0.05, 0.1) is 11.2 Å². The molecule has 0 aliphatic rings. The molecule has 1 N–H and O–H groups in total. The molecule has 0 unspecified atom stereocenters. The largest absolute Gasteiger partial charge is 0.455 e. The molecular weight excluding hydrogens is 307 g/mol. The third kappa shape index (κ3) is 5.20. The molecule has 5 heteroatoms. The molecule has 0 spiro atoms. The maximum atomic E-state index is 6.06. The van der Waals surface area contributed by atoms with Gasteiger partial charge in [0.15, 0.2) is 0 Å². The van der Waals surface area contributed by atoms with Crippen LogP contribution in [0.4, 0.5) is 0 Å². The van der Waals surface area contributed by atoms with Crippen LogP contribution >= 0.6 is 23.2 Å². The second-order valence-corrected chi connectivity index (χ2v) is 6.67. The lowest BCUT2D eigenvalue weighted by Gasteiger charge is -2.21. The number of pyridine rings is 1. The predicted molar refractivity (Wildman–Crippen MR) is 87.4 cm³/mol. The normalized spacial score (nSPS) is 11.5. The Hall–Kier alpha value is -1.29. The molecule has 1 aromatic carbocycles. The second kappa shape index (κ2) is 6.65. The van der Waals surface area contributed by atoms with Gasteiger partial charge in [-0.1, -0.05) is 29.3 Å². The fourth-order valence-corrected chi connectivity index (χ4v) is 2.03. The van der Waals surface area contributed by atoms with Gasteiger partial charge in [0.2, 0.25) is 0 Å². The molecule has 0 amide bonds. The maximum absolute atomic E-state index is 6.06. The van der Waals surface area contributed by atoms with Gasteiger partial charge in [0.25, 0.3) is 0 Å². The lowest BCUT2D eigenvalue weighted by atomic mass is 10.1. The Morgan fingerprint density at radius 3 is 2.52 bits per heavy atom. The average Bonchev–Trinajstić information content (AvgIpc) is 2.36. The average molecular weight is 325 g/mol. The van der Waals surface area contributed by atoms with Crippen LogP contribution in [0.5, 0.6) is 11.5 Å². The molecule has 0 aliphatic carbocycles. The molecule has 2 aromatic rings. The Balaban J connectivity index is 2.23. The summed E-state index contributed by atoms with van der Waals surface area (Å²) >= 11 is 12.0.